The van der Waals surface area contributed by atoms with E-state index in [2.05, 4.69) is 47.2 Å². The minimum atomic E-state index is -0.288. The van der Waals surface area contributed by atoms with E-state index in [0.717, 1.165) is 24.8 Å². The molecule has 0 aliphatic heterocycles. The van der Waals surface area contributed by atoms with E-state index in [1.165, 1.54) is 27.2 Å². The molecule has 1 aliphatic carbocycles. The van der Waals surface area contributed by atoms with Crippen molar-refractivity contribution in [3.8, 4) is 5.69 Å². The lowest BCUT2D eigenvalue weighted by atomic mass is 9.95. The van der Waals surface area contributed by atoms with Crippen LogP contribution in [0.5, 0.6) is 0 Å². The predicted octanol–water partition coefficient (Wildman–Crippen LogP) is 4.37. The Morgan fingerprint density at radius 2 is 2.15 bits per heavy atom. The van der Waals surface area contributed by atoms with Crippen molar-refractivity contribution < 1.29 is 5.11 Å². The highest BCUT2D eigenvalue weighted by Crippen LogP contribution is 2.34. The molecule has 20 heavy (non-hydrogen) atoms. The summed E-state index contributed by atoms with van der Waals surface area (Å²) in [7, 11) is 0. The number of aryl methyl sites for hydroxylation is 1. The van der Waals surface area contributed by atoms with E-state index in [0.29, 0.717) is 0 Å². The molecule has 2 heterocycles. The Labute approximate surface area is 122 Å². The molecule has 1 N–H and O–H groups in total. The van der Waals surface area contributed by atoms with E-state index in [4.69, 9.17) is 0 Å². The summed E-state index contributed by atoms with van der Waals surface area (Å²) in [4.78, 5) is 0. The maximum absolute atomic E-state index is 10.2. The van der Waals surface area contributed by atoms with Gasteiger partial charge in [0.1, 0.15) is 0 Å². The first-order valence-corrected chi connectivity index (χ1v) is 7.99. The Kier molecular flexibility index (Phi) is 2.72. The fraction of sp³-hybridized carbons (Fsp3) is 0.294. The van der Waals surface area contributed by atoms with Gasteiger partial charge in [-0.15, -0.1) is 11.3 Å². The van der Waals surface area contributed by atoms with Gasteiger partial charge in [-0.2, -0.15) is 0 Å². The van der Waals surface area contributed by atoms with Crippen molar-refractivity contribution in [1.82, 2.24) is 4.57 Å². The summed E-state index contributed by atoms with van der Waals surface area (Å²) in [5, 5.41) is 13.6. The monoisotopic (exact) mass is 283 g/mol. The summed E-state index contributed by atoms with van der Waals surface area (Å²) in [5.41, 5.74) is 4.84. The average molecular weight is 283 g/mol. The second kappa shape index (κ2) is 4.47. The van der Waals surface area contributed by atoms with Crippen LogP contribution in [0.1, 0.15) is 35.9 Å². The second-order valence-electron chi connectivity index (χ2n) is 5.57. The molecule has 1 atom stereocenters. The zero-order valence-corrected chi connectivity index (χ0v) is 12.3. The van der Waals surface area contributed by atoms with Crippen LogP contribution in [0.4, 0.5) is 0 Å². The molecule has 3 heteroatoms. The first kappa shape index (κ1) is 12.2. The number of hydrogen-bond acceptors (Lipinski definition) is 2. The van der Waals surface area contributed by atoms with Gasteiger partial charge in [-0.05, 0) is 67.3 Å². The second-order valence-corrected chi connectivity index (χ2v) is 6.52. The topological polar surface area (TPSA) is 25.2 Å². The lowest BCUT2D eigenvalue weighted by molar-refractivity contribution is 0.156. The molecule has 102 valence electrons. The van der Waals surface area contributed by atoms with Crippen molar-refractivity contribution in [2.24, 2.45) is 0 Å². The van der Waals surface area contributed by atoms with E-state index in [1.807, 2.05) is 0 Å². The Morgan fingerprint density at radius 1 is 1.25 bits per heavy atom. The summed E-state index contributed by atoms with van der Waals surface area (Å²) >= 11 is 1.78. The standard InChI is InChI=1S/C17H17NOS/c1-11-9-14-15(3-2-4-16(14)19)18(11)13-5-6-17-12(10-13)7-8-20-17/h5-10,16,19H,2-4H2,1H3. The zero-order chi connectivity index (χ0) is 13.7. The highest BCUT2D eigenvalue weighted by molar-refractivity contribution is 7.17. The molecule has 0 amide bonds. The number of aliphatic hydroxyl groups excluding tert-OH is 1. The highest BCUT2D eigenvalue weighted by Gasteiger charge is 2.23. The third-order valence-corrected chi connectivity index (χ3v) is 5.16. The first-order valence-electron chi connectivity index (χ1n) is 7.11. The van der Waals surface area contributed by atoms with Gasteiger partial charge >= 0.3 is 0 Å². The smallest absolute Gasteiger partial charge is 0.0807 e. The number of hydrogen-bond donors (Lipinski definition) is 1. The van der Waals surface area contributed by atoms with Crippen molar-refractivity contribution in [3.05, 3.63) is 52.7 Å². The maximum Gasteiger partial charge on any atom is 0.0807 e. The number of nitrogens with zero attached hydrogens (tertiary/aromatic N) is 1. The lowest BCUT2D eigenvalue weighted by Gasteiger charge is -2.20. The fourth-order valence-corrected chi connectivity index (χ4v) is 4.10. The van der Waals surface area contributed by atoms with E-state index in [1.54, 1.807) is 11.3 Å². The van der Waals surface area contributed by atoms with Crippen molar-refractivity contribution >= 4 is 21.4 Å². The minimum absolute atomic E-state index is 0.288. The summed E-state index contributed by atoms with van der Waals surface area (Å²) in [5.74, 6) is 0. The Bertz CT molecular complexity index is 783. The van der Waals surface area contributed by atoms with E-state index >= 15 is 0 Å². The van der Waals surface area contributed by atoms with Gasteiger partial charge in [-0.1, -0.05) is 0 Å². The fourth-order valence-electron chi connectivity index (χ4n) is 3.33. The summed E-state index contributed by atoms with van der Waals surface area (Å²) in [6, 6.07) is 11.0. The molecule has 0 saturated heterocycles. The van der Waals surface area contributed by atoms with Gasteiger partial charge in [0, 0.05) is 27.3 Å². The molecule has 1 aromatic carbocycles. The molecule has 0 saturated carbocycles. The first-order chi connectivity index (χ1) is 9.74. The molecule has 0 fully saturated rings. The van der Waals surface area contributed by atoms with Gasteiger partial charge in [0.15, 0.2) is 0 Å². The SMILES string of the molecule is Cc1cc2c(n1-c1ccc3sccc3c1)CCCC2O. The summed E-state index contributed by atoms with van der Waals surface area (Å²) in [6.07, 6.45) is 2.73. The molecule has 0 spiro atoms. The number of aromatic nitrogens is 1. The Hall–Kier alpha value is -1.58. The van der Waals surface area contributed by atoms with Crippen molar-refractivity contribution in [1.29, 1.82) is 0 Å². The third-order valence-electron chi connectivity index (χ3n) is 4.26. The summed E-state index contributed by atoms with van der Waals surface area (Å²) < 4.78 is 3.64. The quantitative estimate of drug-likeness (QED) is 0.705. The summed E-state index contributed by atoms with van der Waals surface area (Å²) in [6.45, 7) is 2.13. The van der Waals surface area contributed by atoms with Crippen molar-refractivity contribution in [2.75, 3.05) is 0 Å². The van der Waals surface area contributed by atoms with Gasteiger partial charge in [0.25, 0.3) is 0 Å². The van der Waals surface area contributed by atoms with Crippen LogP contribution in [-0.4, -0.2) is 9.67 Å². The molecular formula is C17H17NOS. The number of rotatable bonds is 1. The molecular weight excluding hydrogens is 266 g/mol. The van der Waals surface area contributed by atoms with Crippen LogP contribution in [0.15, 0.2) is 35.7 Å². The van der Waals surface area contributed by atoms with Gasteiger partial charge in [0.05, 0.1) is 6.10 Å². The molecule has 2 nitrogen and oxygen atoms in total. The van der Waals surface area contributed by atoms with Crippen LogP contribution in [0.2, 0.25) is 0 Å². The average Bonchev–Trinajstić information content (AvgIpc) is 3.02. The van der Waals surface area contributed by atoms with E-state index in [-0.39, 0.29) is 6.10 Å². The van der Waals surface area contributed by atoms with Crippen LogP contribution < -0.4 is 0 Å². The van der Waals surface area contributed by atoms with Crippen LogP contribution in [0.3, 0.4) is 0 Å². The Balaban J connectivity index is 1.93. The number of thiophene rings is 1. The lowest BCUT2D eigenvalue weighted by Crippen LogP contribution is -2.11. The zero-order valence-electron chi connectivity index (χ0n) is 11.5. The van der Waals surface area contributed by atoms with Crippen molar-refractivity contribution in [2.45, 2.75) is 32.3 Å². The minimum Gasteiger partial charge on any atom is -0.388 e. The van der Waals surface area contributed by atoms with E-state index in [9.17, 15) is 5.11 Å². The number of fused-ring (bicyclic) bond motifs is 2. The molecule has 0 bridgehead atoms. The normalized spacial score (nSPS) is 18.4. The molecule has 3 aromatic rings. The van der Waals surface area contributed by atoms with Gasteiger partial charge in [-0.25, -0.2) is 0 Å². The van der Waals surface area contributed by atoms with Gasteiger partial charge < -0.3 is 9.67 Å². The van der Waals surface area contributed by atoms with Crippen LogP contribution in [-0.2, 0) is 6.42 Å². The molecule has 4 rings (SSSR count). The number of aliphatic hydroxyl groups is 1. The van der Waals surface area contributed by atoms with Gasteiger partial charge in [0.2, 0.25) is 0 Å². The molecule has 2 aromatic heterocycles. The van der Waals surface area contributed by atoms with E-state index < -0.39 is 0 Å². The molecule has 1 unspecified atom stereocenters. The van der Waals surface area contributed by atoms with Crippen molar-refractivity contribution in [3.63, 3.8) is 0 Å². The Morgan fingerprint density at radius 3 is 3.05 bits per heavy atom. The van der Waals surface area contributed by atoms with Gasteiger partial charge in [-0.3, -0.25) is 0 Å². The maximum atomic E-state index is 10.2. The van der Waals surface area contributed by atoms with Crippen LogP contribution in [0, 0.1) is 6.92 Å². The van der Waals surface area contributed by atoms with Crippen LogP contribution in [0.25, 0.3) is 15.8 Å². The molecule has 1 aliphatic rings. The number of benzene rings is 1. The predicted molar refractivity (Wildman–Crippen MR) is 83.8 cm³/mol. The largest absolute Gasteiger partial charge is 0.388 e. The molecule has 0 radical (unpaired) electrons. The third kappa shape index (κ3) is 1.74. The van der Waals surface area contributed by atoms with Crippen LogP contribution >= 0.6 is 11.3 Å². The highest BCUT2D eigenvalue weighted by atomic mass is 32.1.